The molecule has 3 aromatic carbocycles. The molecule has 0 aromatic heterocycles. The van der Waals surface area contributed by atoms with Crippen molar-refractivity contribution < 1.29 is 4.79 Å². The molecule has 7 heteroatoms. The third-order valence-corrected chi connectivity index (χ3v) is 12.9. The summed E-state index contributed by atoms with van der Waals surface area (Å²) in [6.45, 7) is 5.68. The van der Waals surface area contributed by atoms with Gasteiger partial charge < -0.3 is 0 Å². The van der Waals surface area contributed by atoms with Crippen LogP contribution in [-0.2, 0) is 0 Å². The number of urea groups is 1. The normalized spacial score (nSPS) is 12.9. The van der Waals surface area contributed by atoms with Crippen LogP contribution in [0.3, 0.4) is 0 Å². The number of halogens is 3. The van der Waals surface area contributed by atoms with E-state index < -0.39 is 17.5 Å². The van der Waals surface area contributed by atoms with Gasteiger partial charge in [0.05, 0.1) is 0 Å². The van der Waals surface area contributed by atoms with Crippen molar-refractivity contribution in [1.82, 2.24) is 10.6 Å². The van der Waals surface area contributed by atoms with Gasteiger partial charge in [0.1, 0.15) is 0 Å². The Labute approximate surface area is 204 Å². The predicted molar refractivity (Wildman–Crippen MR) is 141 cm³/mol. The summed E-state index contributed by atoms with van der Waals surface area (Å²) in [6.07, 6.45) is 0. The fourth-order valence-electron chi connectivity index (χ4n) is 3.75. The van der Waals surface area contributed by atoms with E-state index in [-0.39, 0.29) is 9.93 Å². The van der Waals surface area contributed by atoms with Gasteiger partial charge in [-0.3, -0.25) is 0 Å². The minimum atomic E-state index is -4.06. The van der Waals surface area contributed by atoms with Crippen LogP contribution < -0.4 is 26.5 Å². The summed E-state index contributed by atoms with van der Waals surface area (Å²) < 4.78 is -0.0988. The Morgan fingerprint density at radius 1 is 0.719 bits per heavy atom. The van der Waals surface area contributed by atoms with Crippen molar-refractivity contribution in [3.05, 3.63) is 101 Å². The number of rotatable bonds is 5. The monoisotopic (exact) mass is 506 g/mol. The van der Waals surface area contributed by atoms with Crippen molar-refractivity contribution >= 4 is 62.3 Å². The Morgan fingerprint density at radius 3 is 1.34 bits per heavy atom. The molecule has 0 bridgehead atoms. The van der Waals surface area contributed by atoms with Crippen LogP contribution in [0, 0.1) is 0 Å². The van der Waals surface area contributed by atoms with Gasteiger partial charge in [-0.15, -0.1) is 0 Å². The van der Waals surface area contributed by atoms with Crippen LogP contribution in [0.5, 0.6) is 0 Å². The van der Waals surface area contributed by atoms with E-state index in [1.807, 2.05) is 112 Å². The Kier molecular flexibility index (Phi) is 7.27. The first kappa shape index (κ1) is 24.6. The summed E-state index contributed by atoms with van der Waals surface area (Å²) in [7, 11) is 0. The summed E-state index contributed by atoms with van der Waals surface area (Å²) in [5.74, 6) is -4.06. The molecule has 0 radical (unpaired) electrons. The molecule has 0 aliphatic carbocycles. The molecule has 2 N–H and O–H groups in total. The third kappa shape index (κ3) is 4.54. The third-order valence-electron chi connectivity index (χ3n) is 5.04. The van der Waals surface area contributed by atoms with E-state index in [0.717, 1.165) is 15.9 Å². The number of amides is 2. The van der Waals surface area contributed by atoms with E-state index in [1.54, 1.807) is 0 Å². The van der Waals surface area contributed by atoms with Gasteiger partial charge in [-0.25, -0.2) is 0 Å². The molecule has 0 atom stereocenters. The molecule has 32 heavy (non-hydrogen) atoms. The molecule has 2 amide bonds. The Morgan fingerprint density at radius 2 is 1.06 bits per heavy atom. The van der Waals surface area contributed by atoms with Gasteiger partial charge in [0.2, 0.25) is 0 Å². The van der Waals surface area contributed by atoms with Gasteiger partial charge in [-0.1, -0.05) is 0 Å². The Bertz CT molecular complexity index is 1010. The number of benzene rings is 3. The van der Waals surface area contributed by atoms with Crippen molar-refractivity contribution in [2.75, 3.05) is 0 Å². The summed E-state index contributed by atoms with van der Waals surface area (Å²) in [5, 5.41) is 8.27. The zero-order valence-electron chi connectivity index (χ0n) is 18.1. The summed E-state index contributed by atoms with van der Waals surface area (Å²) in [4.78, 5) is 13.0. The summed E-state index contributed by atoms with van der Waals surface area (Å²) in [6, 6.07) is 28.5. The van der Waals surface area contributed by atoms with Crippen molar-refractivity contribution in [2.45, 2.75) is 26.3 Å². The fraction of sp³-hybridized carbons (Fsp3) is 0.160. The van der Waals surface area contributed by atoms with E-state index in [0.29, 0.717) is 0 Å². The van der Waals surface area contributed by atoms with Crippen molar-refractivity contribution in [2.24, 2.45) is 0 Å². The molecule has 0 aliphatic rings. The quantitative estimate of drug-likeness (QED) is 0.387. The Hall–Kier alpha value is -2.03. The second kappa shape index (κ2) is 9.45. The first-order valence-electron chi connectivity index (χ1n) is 10.1. The predicted octanol–water partition coefficient (Wildman–Crippen LogP) is 6.37. The van der Waals surface area contributed by atoms with Crippen molar-refractivity contribution in [1.29, 1.82) is 0 Å². The van der Waals surface area contributed by atoms with Gasteiger partial charge in [-0.05, 0) is 0 Å². The molecule has 0 unspecified atom stereocenters. The molecule has 3 nitrogen and oxygen atoms in total. The molecule has 0 aliphatic heterocycles. The van der Waals surface area contributed by atoms with Gasteiger partial charge in [0.15, 0.2) is 0 Å². The second-order valence-electron chi connectivity index (χ2n) is 8.45. The molecule has 0 fully saturated rings. The first-order valence-corrected chi connectivity index (χ1v) is 14.0. The molecule has 0 saturated heterocycles. The molecule has 0 spiro atoms. The first-order chi connectivity index (χ1) is 15.1. The van der Waals surface area contributed by atoms with Gasteiger partial charge >= 0.3 is 205 Å². The van der Waals surface area contributed by atoms with Crippen molar-refractivity contribution in [3.63, 3.8) is 0 Å². The van der Waals surface area contributed by atoms with Crippen LogP contribution >= 0.6 is 40.4 Å². The number of carbonyl (C=O) groups excluding carboxylic acids is 1. The number of nitrogens with one attached hydrogen (secondary N) is 2. The SMILES string of the molecule is CC(C)(C)NC(=O)NC(=C(Cl)Cl)P(Cl)(c1ccccc1)(c1ccccc1)c1ccccc1. The maximum atomic E-state index is 13.0. The van der Waals surface area contributed by atoms with E-state index >= 15 is 0 Å². The summed E-state index contributed by atoms with van der Waals surface area (Å²) >= 11 is 21.1. The zero-order chi connectivity index (χ0) is 23.4. The van der Waals surface area contributed by atoms with E-state index in [1.165, 1.54) is 0 Å². The fourth-order valence-corrected chi connectivity index (χ4v) is 11.0. The van der Waals surface area contributed by atoms with Crippen LogP contribution in [0.4, 0.5) is 4.79 Å². The molecule has 0 heterocycles. The standard InChI is InChI=1S/C25H26Cl3N2OP/c1-25(2,3)30-24(31)29-23(22(26)27)32(28,19-13-7-4-8-14-19,20-15-9-5-10-16-20)21-17-11-6-12-18-21/h4-18H,1-3H3,(H2,29,30,31). The van der Waals surface area contributed by atoms with E-state index in [4.69, 9.17) is 34.4 Å². The Balaban J connectivity index is 2.44. The van der Waals surface area contributed by atoms with E-state index in [9.17, 15) is 4.79 Å². The van der Waals surface area contributed by atoms with Crippen molar-refractivity contribution in [3.8, 4) is 0 Å². The van der Waals surface area contributed by atoms with Gasteiger partial charge in [-0.2, -0.15) is 0 Å². The van der Waals surface area contributed by atoms with Crippen LogP contribution in [-0.4, -0.2) is 11.6 Å². The summed E-state index contributed by atoms with van der Waals surface area (Å²) in [5.41, 5.74) is -0.199. The zero-order valence-corrected chi connectivity index (χ0v) is 21.3. The van der Waals surface area contributed by atoms with Crippen LogP contribution in [0.15, 0.2) is 101 Å². The average molecular weight is 508 g/mol. The second-order valence-corrected chi connectivity index (χ2v) is 15.4. The van der Waals surface area contributed by atoms with Crippen LogP contribution in [0.2, 0.25) is 0 Å². The van der Waals surface area contributed by atoms with Crippen LogP contribution in [0.1, 0.15) is 20.8 Å². The molecule has 3 rings (SSSR count). The number of hydrogen-bond acceptors (Lipinski definition) is 1. The molecule has 168 valence electrons. The minimum absolute atomic E-state index is 0.0988. The maximum absolute atomic E-state index is 13.0. The molecule has 3 aromatic rings. The van der Waals surface area contributed by atoms with Crippen LogP contribution in [0.25, 0.3) is 0 Å². The number of carbonyl (C=O) groups is 1. The molecular formula is C25H26Cl3N2OP. The van der Waals surface area contributed by atoms with Gasteiger partial charge in [0, 0.05) is 0 Å². The topological polar surface area (TPSA) is 41.1 Å². The van der Waals surface area contributed by atoms with Gasteiger partial charge in [0.25, 0.3) is 0 Å². The molecular weight excluding hydrogens is 482 g/mol. The number of hydrogen-bond donors (Lipinski definition) is 2. The van der Waals surface area contributed by atoms with E-state index in [2.05, 4.69) is 10.6 Å². The average Bonchev–Trinajstić information content (AvgIpc) is 2.77. The molecule has 0 saturated carbocycles.